The van der Waals surface area contributed by atoms with E-state index >= 15 is 0 Å². The highest BCUT2D eigenvalue weighted by Crippen LogP contribution is 2.31. The van der Waals surface area contributed by atoms with Gasteiger partial charge in [0.15, 0.2) is 0 Å². The van der Waals surface area contributed by atoms with Gasteiger partial charge >= 0.3 is 0 Å². The van der Waals surface area contributed by atoms with Crippen LogP contribution in [-0.2, 0) is 0 Å². The van der Waals surface area contributed by atoms with Crippen LogP contribution in [0.2, 0.25) is 5.02 Å². The van der Waals surface area contributed by atoms with E-state index < -0.39 is 0 Å². The number of benzene rings is 2. The van der Waals surface area contributed by atoms with Crippen LogP contribution in [0.3, 0.4) is 0 Å². The Balaban J connectivity index is 2.04. The zero-order valence-corrected chi connectivity index (χ0v) is 13.0. The quantitative estimate of drug-likeness (QED) is 0.651. The highest BCUT2D eigenvalue weighted by Gasteiger charge is 2.14. The van der Waals surface area contributed by atoms with E-state index in [2.05, 4.69) is 32.7 Å². The molecule has 0 unspecified atom stereocenters. The number of nitrogens with zero attached hydrogens (tertiary/aromatic N) is 2. The van der Waals surface area contributed by atoms with Crippen LogP contribution in [0.25, 0.3) is 22.8 Å². The molecule has 0 atom stereocenters. The number of phenolic OH excluding ortho intramolecular Hbond substituents is 1. The lowest BCUT2D eigenvalue weighted by Gasteiger charge is -1.99. The number of aromatic hydroxyl groups is 1. The maximum Gasteiger partial charge on any atom is 0.262 e. The molecule has 0 bridgehead atoms. The summed E-state index contributed by atoms with van der Waals surface area (Å²) in [4.78, 5) is 4.29. The van der Waals surface area contributed by atoms with Crippen LogP contribution >= 0.6 is 34.2 Å². The van der Waals surface area contributed by atoms with Crippen molar-refractivity contribution in [2.45, 2.75) is 0 Å². The fourth-order valence-electron chi connectivity index (χ4n) is 1.76. The molecule has 1 N–H and O–H groups in total. The van der Waals surface area contributed by atoms with Gasteiger partial charge in [-0.1, -0.05) is 28.9 Å². The molecular formula is C14H8ClIN2O2. The maximum atomic E-state index is 9.86. The van der Waals surface area contributed by atoms with Crippen LogP contribution in [0.1, 0.15) is 0 Å². The van der Waals surface area contributed by atoms with Gasteiger partial charge in [0, 0.05) is 14.2 Å². The van der Waals surface area contributed by atoms with Crippen molar-refractivity contribution in [3.05, 3.63) is 51.1 Å². The second kappa shape index (κ2) is 5.41. The first-order valence-corrected chi connectivity index (χ1v) is 7.18. The summed E-state index contributed by atoms with van der Waals surface area (Å²) < 4.78 is 6.18. The van der Waals surface area contributed by atoms with Gasteiger partial charge in [-0.2, -0.15) is 4.98 Å². The van der Waals surface area contributed by atoms with E-state index in [1.54, 1.807) is 30.3 Å². The second-order valence-corrected chi connectivity index (χ2v) is 5.78. The molecule has 0 aliphatic rings. The van der Waals surface area contributed by atoms with Crippen molar-refractivity contribution >= 4 is 34.2 Å². The van der Waals surface area contributed by atoms with E-state index in [-0.39, 0.29) is 11.6 Å². The van der Waals surface area contributed by atoms with Gasteiger partial charge in [0.05, 0.1) is 5.56 Å². The van der Waals surface area contributed by atoms with Crippen LogP contribution in [0, 0.1) is 3.57 Å². The summed E-state index contributed by atoms with van der Waals surface area (Å²) in [5.41, 5.74) is 1.27. The molecule has 6 heteroatoms. The lowest BCUT2D eigenvalue weighted by molar-refractivity contribution is 0.425. The highest BCUT2D eigenvalue weighted by molar-refractivity contribution is 14.1. The number of hydrogen-bond donors (Lipinski definition) is 1. The van der Waals surface area contributed by atoms with Gasteiger partial charge in [-0.15, -0.1) is 0 Å². The van der Waals surface area contributed by atoms with Gasteiger partial charge in [0.1, 0.15) is 5.75 Å². The summed E-state index contributed by atoms with van der Waals surface area (Å²) in [6, 6.07) is 12.4. The first-order chi connectivity index (χ1) is 9.63. The largest absolute Gasteiger partial charge is 0.507 e. The molecule has 0 fully saturated rings. The van der Waals surface area contributed by atoms with Crippen molar-refractivity contribution in [2.24, 2.45) is 0 Å². The lowest BCUT2D eigenvalue weighted by atomic mass is 10.2. The summed E-state index contributed by atoms with van der Waals surface area (Å²) in [6.07, 6.45) is 0. The van der Waals surface area contributed by atoms with E-state index in [0.29, 0.717) is 16.4 Å². The Morgan fingerprint density at radius 3 is 2.80 bits per heavy atom. The number of aromatic nitrogens is 2. The van der Waals surface area contributed by atoms with Crippen molar-refractivity contribution in [2.75, 3.05) is 0 Å². The van der Waals surface area contributed by atoms with E-state index in [4.69, 9.17) is 16.1 Å². The van der Waals surface area contributed by atoms with E-state index in [0.717, 1.165) is 9.13 Å². The van der Waals surface area contributed by atoms with Crippen molar-refractivity contribution in [1.82, 2.24) is 10.1 Å². The standard InChI is InChI=1S/C14H8ClIN2O2/c15-9-3-1-2-8(6-9)13-17-14(20-18-13)11-7-10(16)4-5-12(11)19/h1-7,19H. The van der Waals surface area contributed by atoms with Crippen LogP contribution < -0.4 is 0 Å². The van der Waals surface area contributed by atoms with Gasteiger partial charge < -0.3 is 9.63 Å². The highest BCUT2D eigenvalue weighted by atomic mass is 127. The first-order valence-electron chi connectivity index (χ1n) is 5.72. The van der Waals surface area contributed by atoms with Crippen molar-refractivity contribution < 1.29 is 9.63 Å². The average molecular weight is 399 g/mol. The third-order valence-electron chi connectivity index (χ3n) is 2.70. The van der Waals surface area contributed by atoms with Crippen LogP contribution in [0.15, 0.2) is 47.0 Å². The van der Waals surface area contributed by atoms with E-state index in [1.165, 1.54) is 0 Å². The molecule has 3 rings (SSSR count). The lowest BCUT2D eigenvalue weighted by Crippen LogP contribution is -1.83. The number of phenols is 1. The predicted molar refractivity (Wildman–Crippen MR) is 84.6 cm³/mol. The average Bonchev–Trinajstić information content (AvgIpc) is 2.91. The van der Waals surface area contributed by atoms with Gasteiger partial charge in [0.2, 0.25) is 5.82 Å². The third-order valence-corrected chi connectivity index (χ3v) is 3.60. The van der Waals surface area contributed by atoms with Crippen LogP contribution in [-0.4, -0.2) is 15.2 Å². The number of rotatable bonds is 2. The molecule has 1 aromatic heterocycles. The van der Waals surface area contributed by atoms with E-state index in [9.17, 15) is 5.11 Å². The number of halogens is 2. The van der Waals surface area contributed by atoms with Gasteiger partial charge in [0.25, 0.3) is 5.89 Å². The monoisotopic (exact) mass is 398 g/mol. The second-order valence-electron chi connectivity index (χ2n) is 4.09. The molecule has 1 heterocycles. The summed E-state index contributed by atoms with van der Waals surface area (Å²) >= 11 is 8.09. The van der Waals surface area contributed by atoms with Crippen LogP contribution in [0.5, 0.6) is 5.75 Å². The smallest absolute Gasteiger partial charge is 0.262 e. The zero-order chi connectivity index (χ0) is 14.1. The SMILES string of the molecule is Oc1ccc(I)cc1-c1nc(-c2cccc(Cl)c2)no1. The summed E-state index contributed by atoms with van der Waals surface area (Å²) in [5, 5.41) is 14.4. The van der Waals surface area contributed by atoms with Crippen molar-refractivity contribution in [3.8, 4) is 28.6 Å². The van der Waals surface area contributed by atoms with Gasteiger partial charge in [-0.3, -0.25) is 0 Å². The molecule has 4 nitrogen and oxygen atoms in total. The zero-order valence-electron chi connectivity index (χ0n) is 10.0. The first kappa shape index (κ1) is 13.4. The number of hydrogen-bond acceptors (Lipinski definition) is 4. The summed E-state index contributed by atoms with van der Waals surface area (Å²) in [7, 11) is 0. The molecular weight excluding hydrogens is 391 g/mol. The third kappa shape index (κ3) is 2.64. The molecule has 20 heavy (non-hydrogen) atoms. The fraction of sp³-hybridized carbons (Fsp3) is 0. The maximum absolute atomic E-state index is 9.86. The Kier molecular flexibility index (Phi) is 3.62. The Hall–Kier alpha value is -1.60. The minimum Gasteiger partial charge on any atom is -0.507 e. The fourth-order valence-corrected chi connectivity index (χ4v) is 2.44. The molecule has 100 valence electrons. The minimum atomic E-state index is 0.103. The Bertz CT molecular complexity index is 773. The Labute approximate surface area is 133 Å². The Morgan fingerprint density at radius 1 is 1.15 bits per heavy atom. The van der Waals surface area contributed by atoms with Crippen molar-refractivity contribution in [3.63, 3.8) is 0 Å². The normalized spacial score (nSPS) is 10.7. The molecule has 0 aliphatic heterocycles. The molecule has 3 aromatic rings. The summed E-state index contributed by atoms with van der Waals surface area (Å²) in [5.74, 6) is 0.809. The topological polar surface area (TPSA) is 59.2 Å². The summed E-state index contributed by atoms with van der Waals surface area (Å²) in [6.45, 7) is 0. The molecule has 0 radical (unpaired) electrons. The molecule has 0 saturated heterocycles. The molecule has 0 aliphatic carbocycles. The Morgan fingerprint density at radius 2 is 2.00 bits per heavy atom. The van der Waals surface area contributed by atoms with Gasteiger partial charge in [-0.25, -0.2) is 0 Å². The molecule has 0 spiro atoms. The molecule has 0 saturated carbocycles. The molecule has 0 amide bonds. The van der Waals surface area contributed by atoms with Crippen molar-refractivity contribution in [1.29, 1.82) is 0 Å². The van der Waals surface area contributed by atoms with Gasteiger partial charge in [-0.05, 0) is 52.9 Å². The van der Waals surface area contributed by atoms with E-state index in [1.807, 2.05) is 12.1 Å². The minimum absolute atomic E-state index is 0.103. The van der Waals surface area contributed by atoms with Crippen LogP contribution in [0.4, 0.5) is 0 Å². The predicted octanol–water partition coefficient (Wildman–Crippen LogP) is 4.37. The molecule has 2 aromatic carbocycles.